The molecule has 1 saturated carbocycles. The van der Waals surface area contributed by atoms with Gasteiger partial charge in [-0.1, -0.05) is 17.3 Å². The van der Waals surface area contributed by atoms with Crippen molar-refractivity contribution in [1.29, 1.82) is 0 Å². The molecule has 2 aliphatic rings. The summed E-state index contributed by atoms with van der Waals surface area (Å²) in [4.78, 5) is 25.4. The number of hydrogen-bond acceptors (Lipinski definition) is 9. The van der Waals surface area contributed by atoms with Crippen molar-refractivity contribution in [2.24, 2.45) is 11.3 Å². The Morgan fingerprint density at radius 3 is 2.73 bits per heavy atom. The number of nitrogens with zero attached hydrogens (tertiary/aromatic N) is 5. The lowest BCUT2D eigenvalue weighted by Crippen LogP contribution is -2.47. The van der Waals surface area contributed by atoms with Gasteiger partial charge in [0.25, 0.3) is 5.89 Å². The standard InChI is InChI=1S/C25H26N8O3S/c34-21(35)9-15-11-25(12-15)5-7-33(8-6-25)20-4-2-17(13-26-20)29-23(37)22-31-32-24(36-22)30-16-1-3-18-19(10-16)28-14-27-18/h1-4,10,13-15H,5-9,11-12H2,(H,27,28)(H,29,37)(H,30,32)(H,34,35). The predicted octanol–water partition coefficient (Wildman–Crippen LogP) is 4.34. The number of aromatic amines is 1. The molecule has 4 N–H and O–H groups in total. The number of aliphatic carboxylic acids is 1. The number of anilines is 4. The largest absolute Gasteiger partial charge is 0.481 e. The fourth-order valence-corrected chi connectivity index (χ4v) is 5.71. The van der Waals surface area contributed by atoms with Gasteiger partial charge in [-0.05, 0) is 67.3 Å². The van der Waals surface area contributed by atoms with Gasteiger partial charge in [-0.2, -0.15) is 0 Å². The van der Waals surface area contributed by atoms with Crippen molar-refractivity contribution in [2.45, 2.75) is 32.1 Å². The molecule has 11 nitrogen and oxygen atoms in total. The van der Waals surface area contributed by atoms with Crippen LogP contribution in [0, 0.1) is 11.3 Å². The number of imidazole rings is 1. The second kappa shape index (κ2) is 9.43. The molecule has 0 radical (unpaired) electrons. The summed E-state index contributed by atoms with van der Waals surface area (Å²) in [6.45, 7) is 1.87. The summed E-state index contributed by atoms with van der Waals surface area (Å²) in [7, 11) is 0. The second-order valence-electron chi connectivity index (χ2n) is 9.89. The van der Waals surface area contributed by atoms with Crippen LogP contribution in [0.4, 0.5) is 23.2 Å². The highest BCUT2D eigenvalue weighted by Gasteiger charge is 2.46. The van der Waals surface area contributed by atoms with Crippen LogP contribution in [-0.4, -0.2) is 54.3 Å². The molecule has 3 aromatic heterocycles. The lowest BCUT2D eigenvalue weighted by Gasteiger charge is -2.52. The van der Waals surface area contributed by atoms with E-state index in [2.05, 4.69) is 40.7 Å². The number of fused-ring (bicyclic) bond motifs is 1. The van der Waals surface area contributed by atoms with Crippen molar-refractivity contribution in [1.82, 2.24) is 25.1 Å². The Labute approximate surface area is 217 Å². The van der Waals surface area contributed by atoms with Gasteiger partial charge in [0.1, 0.15) is 5.82 Å². The molecule has 1 aliphatic carbocycles. The van der Waals surface area contributed by atoms with Gasteiger partial charge in [0.2, 0.25) is 0 Å². The minimum atomic E-state index is -0.686. The van der Waals surface area contributed by atoms with Gasteiger partial charge < -0.3 is 30.0 Å². The van der Waals surface area contributed by atoms with Crippen LogP contribution in [0.15, 0.2) is 47.3 Å². The van der Waals surface area contributed by atoms with Crippen LogP contribution in [0.2, 0.25) is 0 Å². The number of nitrogens with one attached hydrogen (secondary N) is 3. The van der Waals surface area contributed by atoms with Gasteiger partial charge in [0.15, 0.2) is 4.99 Å². The highest BCUT2D eigenvalue weighted by Crippen LogP contribution is 2.53. The molecule has 4 aromatic rings. The first kappa shape index (κ1) is 23.3. The fourth-order valence-electron chi connectivity index (χ4n) is 5.51. The zero-order valence-electron chi connectivity index (χ0n) is 20.0. The van der Waals surface area contributed by atoms with Gasteiger partial charge in [-0.3, -0.25) is 4.79 Å². The molecular formula is C25H26N8O3S. The Balaban J connectivity index is 1.01. The summed E-state index contributed by atoms with van der Waals surface area (Å²) in [6, 6.07) is 9.81. The summed E-state index contributed by atoms with van der Waals surface area (Å²) in [5, 5.41) is 23.2. The maximum atomic E-state index is 10.9. The van der Waals surface area contributed by atoms with E-state index >= 15 is 0 Å². The van der Waals surface area contributed by atoms with Crippen molar-refractivity contribution in [2.75, 3.05) is 28.6 Å². The van der Waals surface area contributed by atoms with E-state index in [0.717, 1.165) is 67.0 Å². The lowest BCUT2D eigenvalue weighted by molar-refractivity contribution is -0.140. The second-order valence-corrected chi connectivity index (χ2v) is 10.3. The zero-order valence-corrected chi connectivity index (χ0v) is 20.8. The van der Waals surface area contributed by atoms with E-state index in [1.165, 1.54) is 0 Å². The summed E-state index contributed by atoms with van der Waals surface area (Å²) < 4.78 is 5.67. The molecular weight excluding hydrogens is 492 g/mol. The van der Waals surface area contributed by atoms with Crippen LogP contribution in [-0.2, 0) is 4.79 Å². The van der Waals surface area contributed by atoms with Gasteiger partial charge in [-0.25, -0.2) is 9.97 Å². The topological polar surface area (TPSA) is 145 Å². The number of H-pyrrole nitrogens is 1. The van der Waals surface area contributed by atoms with E-state index in [1.807, 2.05) is 30.3 Å². The quantitative estimate of drug-likeness (QED) is 0.259. The highest BCUT2D eigenvalue weighted by molar-refractivity contribution is 7.81. The molecule has 1 aromatic carbocycles. The Kier molecular flexibility index (Phi) is 5.95. The average Bonchev–Trinajstić information content (AvgIpc) is 3.53. The number of benzene rings is 1. The van der Waals surface area contributed by atoms with E-state index < -0.39 is 5.97 Å². The number of hydrogen-bond donors (Lipinski definition) is 4. The molecule has 12 heteroatoms. The lowest BCUT2D eigenvalue weighted by atomic mass is 9.57. The summed E-state index contributed by atoms with van der Waals surface area (Å²) in [5.74, 6) is 0.779. The minimum Gasteiger partial charge on any atom is -0.481 e. The third-order valence-electron chi connectivity index (χ3n) is 7.35. The molecule has 0 bridgehead atoms. The number of rotatable bonds is 7. The third-order valence-corrected chi connectivity index (χ3v) is 7.63. The number of carboxylic acid groups (broad SMARTS) is 1. The van der Waals surface area contributed by atoms with Crippen LogP contribution >= 0.6 is 12.2 Å². The SMILES string of the molecule is O=C(O)CC1CC2(CCN(c3ccc(NC(=S)c4nnc(Nc5ccc6nc[nH]c6c5)o4)cn3)CC2)C1. The predicted molar refractivity (Wildman–Crippen MR) is 142 cm³/mol. The maximum Gasteiger partial charge on any atom is 0.320 e. The van der Waals surface area contributed by atoms with E-state index in [0.29, 0.717) is 22.7 Å². The van der Waals surface area contributed by atoms with Crippen molar-refractivity contribution in [3.63, 3.8) is 0 Å². The monoisotopic (exact) mass is 518 g/mol. The van der Waals surface area contributed by atoms with Crippen molar-refractivity contribution in [3.8, 4) is 0 Å². The van der Waals surface area contributed by atoms with Crippen LogP contribution in [0.5, 0.6) is 0 Å². The van der Waals surface area contributed by atoms with Gasteiger partial charge in [0, 0.05) is 25.2 Å². The highest BCUT2D eigenvalue weighted by atomic mass is 32.1. The van der Waals surface area contributed by atoms with Crippen LogP contribution in [0.25, 0.3) is 11.0 Å². The Morgan fingerprint density at radius 2 is 1.97 bits per heavy atom. The fraction of sp³-hybridized carbons (Fsp3) is 0.360. The number of carboxylic acids is 1. The smallest absolute Gasteiger partial charge is 0.320 e. The molecule has 2 fully saturated rings. The molecule has 0 amide bonds. The minimum absolute atomic E-state index is 0.201. The van der Waals surface area contributed by atoms with Crippen molar-refractivity contribution < 1.29 is 14.3 Å². The number of piperidine rings is 1. The number of carbonyl (C=O) groups is 1. The number of aromatic nitrogens is 5. The molecule has 6 rings (SSSR count). The molecule has 1 spiro atoms. The van der Waals surface area contributed by atoms with Crippen LogP contribution < -0.4 is 15.5 Å². The normalized spacial score (nSPS) is 17.0. The van der Waals surface area contributed by atoms with Gasteiger partial charge >= 0.3 is 12.0 Å². The van der Waals surface area contributed by atoms with Crippen molar-refractivity contribution in [3.05, 3.63) is 48.7 Å². The summed E-state index contributed by atoms with van der Waals surface area (Å²) in [6.07, 6.45) is 7.92. The molecule has 4 heterocycles. The third kappa shape index (κ3) is 4.96. The van der Waals surface area contributed by atoms with Gasteiger partial charge in [-0.15, -0.1) is 5.10 Å². The summed E-state index contributed by atoms with van der Waals surface area (Å²) in [5.41, 5.74) is 3.61. The first-order chi connectivity index (χ1) is 17.9. The Morgan fingerprint density at radius 1 is 1.16 bits per heavy atom. The van der Waals surface area contributed by atoms with E-state index in [1.54, 1.807) is 12.5 Å². The molecule has 1 saturated heterocycles. The van der Waals surface area contributed by atoms with Crippen LogP contribution in [0.3, 0.4) is 0 Å². The molecule has 37 heavy (non-hydrogen) atoms. The number of pyridine rings is 1. The van der Waals surface area contributed by atoms with Crippen LogP contribution in [0.1, 0.15) is 38.0 Å². The van der Waals surface area contributed by atoms with Gasteiger partial charge in [0.05, 0.1) is 29.2 Å². The molecule has 190 valence electrons. The molecule has 1 aliphatic heterocycles. The van der Waals surface area contributed by atoms with E-state index in [9.17, 15) is 4.79 Å². The summed E-state index contributed by atoms with van der Waals surface area (Å²) >= 11 is 5.45. The zero-order chi connectivity index (χ0) is 25.4. The number of thiocarbonyl (C=S) groups is 1. The first-order valence-corrected chi connectivity index (χ1v) is 12.6. The Hall–Kier alpha value is -4.06. The van der Waals surface area contributed by atoms with E-state index in [-0.39, 0.29) is 11.9 Å². The molecule has 0 unspecified atom stereocenters. The first-order valence-electron chi connectivity index (χ1n) is 12.2. The van der Waals surface area contributed by atoms with Crippen molar-refractivity contribution >= 4 is 57.4 Å². The van der Waals surface area contributed by atoms with E-state index in [4.69, 9.17) is 21.7 Å². The Bertz CT molecular complexity index is 1430. The average molecular weight is 519 g/mol. The maximum absolute atomic E-state index is 10.9. The molecule has 0 atom stereocenters.